The van der Waals surface area contributed by atoms with Crippen LogP contribution >= 0.6 is 0 Å². The van der Waals surface area contributed by atoms with Crippen molar-refractivity contribution in [2.24, 2.45) is 5.92 Å². The summed E-state index contributed by atoms with van der Waals surface area (Å²) < 4.78 is 5.49. The van der Waals surface area contributed by atoms with Crippen molar-refractivity contribution in [3.63, 3.8) is 0 Å². The Balaban J connectivity index is 1.52. The minimum absolute atomic E-state index is 0.000768. The number of nitrogen functional groups attached to an aromatic ring is 1. The molecule has 2 unspecified atom stereocenters. The molecule has 3 N–H and O–H groups in total. The van der Waals surface area contributed by atoms with E-state index >= 15 is 0 Å². The van der Waals surface area contributed by atoms with Crippen LogP contribution < -0.4 is 11.1 Å². The number of carbonyl (C=O) groups is 1. The summed E-state index contributed by atoms with van der Waals surface area (Å²) in [7, 11) is 0. The third kappa shape index (κ3) is 4.76. The molecule has 0 aliphatic carbocycles. The molecule has 2 heterocycles. The number of hydrogen-bond acceptors (Lipinski definition) is 4. The first-order valence-electron chi connectivity index (χ1n) is 11.1. The molecule has 0 saturated carbocycles. The van der Waals surface area contributed by atoms with Crippen molar-refractivity contribution < 1.29 is 9.53 Å². The van der Waals surface area contributed by atoms with Crippen LogP contribution in [0, 0.1) is 25.2 Å². The van der Waals surface area contributed by atoms with Gasteiger partial charge in [0.1, 0.15) is 11.9 Å². The van der Waals surface area contributed by atoms with E-state index in [4.69, 9.17) is 16.9 Å². The minimum atomic E-state index is -0.233. The smallest absolute Gasteiger partial charge is 0.223 e. The van der Waals surface area contributed by atoms with Crippen LogP contribution in [0.2, 0.25) is 0 Å². The average molecular weight is 428 g/mol. The molecule has 5 nitrogen and oxygen atoms in total. The zero-order valence-electron chi connectivity index (χ0n) is 18.6. The number of aromatic nitrogens is 1. The topological polar surface area (TPSA) is 77.2 Å². The normalized spacial score (nSPS) is 19.3. The molecule has 1 fully saturated rings. The van der Waals surface area contributed by atoms with Gasteiger partial charge in [-0.1, -0.05) is 43.2 Å². The van der Waals surface area contributed by atoms with Crippen LogP contribution in [0.1, 0.15) is 30.9 Å². The van der Waals surface area contributed by atoms with Gasteiger partial charge in [-0.15, -0.1) is 6.42 Å². The summed E-state index contributed by atoms with van der Waals surface area (Å²) >= 11 is 0. The van der Waals surface area contributed by atoms with E-state index in [0.717, 1.165) is 28.5 Å². The Morgan fingerprint density at radius 2 is 2.12 bits per heavy atom. The van der Waals surface area contributed by atoms with Crippen molar-refractivity contribution in [2.75, 3.05) is 12.3 Å². The highest BCUT2D eigenvalue weighted by Gasteiger charge is 2.25. The lowest BCUT2D eigenvalue weighted by Crippen LogP contribution is -2.44. The molecular weight excluding hydrogens is 398 g/mol. The lowest BCUT2D eigenvalue weighted by Gasteiger charge is -2.28. The number of benzene rings is 2. The molecule has 1 saturated heterocycles. The molecule has 5 heteroatoms. The monoisotopic (exact) mass is 427 g/mol. The van der Waals surface area contributed by atoms with Crippen molar-refractivity contribution >= 4 is 22.6 Å². The van der Waals surface area contributed by atoms with Gasteiger partial charge in [0.2, 0.25) is 5.91 Å². The van der Waals surface area contributed by atoms with Gasteiger partial charge in [0.15, 0.2) is 0 Å². The number of aryl methyl sites for hydroxylation is 1. The average Bonchev–Trinajstić information content (AvgIpc) is 2.79. The number of rotatable bonds is 5. The van der Waals surface area contributed by atoms with E-state index in [-0.39, 0.29) is 24.0 Å². The number of fused-ring (bicyclic) bond motifs is 1. The molecule has 2 aromatic carbocycles. The van der Waals surface area contributed by atoms with Crippen LogP contribution in [0.25, 0.3) is 22.0 Å². The number of carbonyl (C=O) groups excluding carboxylic acids is 1. The number of pyridine rings is 1. The maximum absolute atomic E-state index is 12.8. The van der Waals surface area contributed by atoms with Gasteiger partial charge in [-0.25, -0.2) is 4.98 Å². The van der Waals surface area contributed by atoms with Crippen LogP contribution in [0.3, 0.4) is 0 Å². The first kappa shape index (κ1) is 21.9. The van der Waals surface area contributed by atoms with Crippen LogP contribution in [0.4, 0.5) is 5.82 Å². The van der Waals surface area contributed by atoms with Crippen LogP contribution in [0.5, 0.6) is 0 Å². The third-order valence-corrected chi connectivity index (χ3v) is 6.17. The molecule has 0 spiro atoms. The minimum Gasteiger partial charge on any atom is -0.383 e. The van der Waals surface area contributed by atoms with E-state index in [9.17, 15) is 4.79 Å². The summed E-state index contributed by atoms with van der Waals surface area (Å²) in [5.41, 5.74) is 11.5. The molecule has 0 bridgehead atoms. The van der Waals surface area contributed by atoms with E-state index in [1.54, 1.807) is 0 Å². The molecule has 0 radical (unpaired) electrons. The van der Waals surface area contributed by atoms with E-state index in [1.165, 1.54) is 11.1 Å². The maximum Gasteiger partial charge on any atom is 0.223 e. The Bertz CT molecular complexity index is 1180. The van der Waals surface area contributed by atoms with Crippen LogP contribution in [-0.2, 0) is 16.0 Å². The van der Waals surface area contributed by atoms with Gasteiger partial charge in [0, 0.05) is 23.8 Å². The molecular formula is C27H29N3O2. The summed E-state index contributed by atoms with van der Waals surface area (Å²) in [4.78, 5) is 17.4. The standard InChI is InChI=1S/C27H29N3O2/c1-4-23-16-22(11-12-32-23)29-27(31)18(3)13-21-15-20-14-19(9-10-25(20)30-26(21)28)24-8-6-5-7-17(24)2/h1,5-10,14-15,18,22-23H,11-13,16H2,2-3H3,(H2,28,30)(H,29,31)/t18-,22?,23?/m1/s1. The largest absolute Gasteiger partial charge is 0.383 e. The fraction of sp³-hybridized carbons (Fsp3) is 0.333. The van der Waals surface area contributed by atoms with Gasteiger partial charge in [0.25, 0.3) is 0 Å². The summed E-state index contributed by atoms with van der Waals surface area (Å²) in [5.74, 6) is 2.86. The SMILES string of the molecule is C#CC1CC(NC(=O)[C@H](C)Cc2cc3cc(-c4ccccc4C)ccc3nc2N)CCO1. The molecule has 1 amide bonds. The highest BCUT2D eigenvalue weighted by molar-refractivity contribution is 5.87. The second-order valence-corrected chi connectivity index (χ2v) is 8.62. The fourth-order valence-corrected chi connectivity index (χ4v) is 4.27. The summed E-state index contributed by atoms with van der Waals surface area (Å²) in [6.45, 7) is 4.59. The van der Waals surface area contributed by atoms with Crippen molar-refractivity contribution in [2.45, 2.75) is 45.3 Å². The molecule has 4 rings (SSSR count). The first-order chi connectivity index (χ1) is 15.4. The van der Waals surface area contributed by atoms with Gasteiger partial charge in [-0.05, 0) is 60.2 Å². The zero-order valence-corrected chi connectivity index (χ0v) is 18.6. The van der Waals surface area contributed by atoms with Crippen molar-refractivity contribution in [3.8, 4) is 23.5 Å². The highest BCUT2D eigenvalue weighted by atomic mass is 16.5. The molecule has 1 aliphatic rings. The number of terminal acetylenes is 1. The summed E-state index contributed by atoms with van der Waals surface area (Å²) in [5, 5.41) is 4.14. The first-order valence-corrected chi connectivity index (χ1v) is 11.1. The number of amides is 1. The molecule has 32 heavy (non-hydrogen) atoms. The van der Waals surface area contributed by atoms with Gasteiger partial charge >= 0.3 is 0 Å². The maximum atomic E-state index is 12.8. The summed E-state index contributed by atoms with van der Waals surface area (Å²) in [6, 6.07) is 16.6. The lowest BCUT2D eigenvalue weighted by molar-refractivity contribution is -0.126. The molecule has 1 aromatic heterocycles. The van der Waals surface area contributed by atoms with Gasteiger partial charge in [-0.3, -0.25) is 4.79 Å². The Morgan fingerprint density at radius 1 is 1.31 bits per heavy atom. The Kier molecular flexibility index (Phi) is 6.43. The molecule has 1 aliphatic heterocycles. The van der Waals surface area contributed by atoms with E-state index < -0.39 is 0 Å². The number of nitrogens with one attached hydrogen (secondary N) is 1. The third-order valence-electron chi connectivity index (χ3n) is 6.17. The molecule has 3 aromatic rings. The van der Waals surface area contributed by atoms with Crippen LogP contribution in [-0.4, -0.2) is 29.6 Å². The zero-order chi connectivity index (χ0) is 22.7. The van der Waals surface area contributed by atoms with Crippen molar-refractivity contribution in [3.05, 3.63) is 59.7 Å². The Morgan fingerprint density at radius 3 is 2.91 bits per heavy atom. The van der Waals surface area contributed by atoms with E-state index in [1.807, 2.05) is 25.1 Å². The van der Waals surface area contributed by atoms with Crippen molar-refractivity contribution in [1.29, 1.82) is 0 Å². The van der Waals surface area contributed by atoms with E-state index in [0.29, 0.717) is 25.3 Å². The number of hydrogen-bond donors (Lipinski definition) is 2. The predicted molar refractivity (Wildman–Crippen MR) is 129 cm³/mol. The summed E-state index contributed by atoms with van der Waals surface area (Å²) in [6.07, 6.45) is 7.19. The predicted octanol–water partition coefficient (Wildman–Crippen LogP) is 4.27. The number of nitrogens with two attached hydrogens (primary N) is 1. The Labute approximate surface area is 189 Å². The number of nitrogens with zero attached hydrogens (tertiary/aromatic N) is 1. The lowest BCUT2D eigenvalue weighted by atomic mass is 9.96. The number of anilines is 1. The Hall–Kier alpha value is -3.36. The number of ether oxygens (including phenoxy) is 1. The second-order valence-electron chi connectivity index (χ2n) is 8.62. The van der Waals surface area contributed by atoms with Gasteiger partial charge in [-0.2, -0.15) is 0 Å². The molecule has 164 valence electrons. The van der Waals surface area contributed by atoms with Crippen molar-refractivity contribution in [1.82, 2.24) is 10.3 Å². The van der Waals surface area contributed by atoms with E-state index in [2.05, 4.69) is 53.5 Å². The van der Waals surface area contributed by atoms with Gasteiger partial charge < -0.3 is 15.8 Å². The molecule has 3 atom stereocenters. The second kappa shape index (κ2) is 9.42. The van der Waals surface area contributed by atoms with Crippen LogP contribution in [0.15, 0.2) is 48.5 Å². The van der Waals surface area contributed by atoms with Gasteiger partial charge in [0.05, 0.1) is 12.1 Å². The highest BCUT2D eigenvalue weighted by Crippen LogP contribution is 2.28. The fourth-order valence-electron chi connectivity index (χ4n) is 4.27. The quantitative estimate of drug-likeness (QED) is 0.596.